The summed E-state index contributed by atoms with van der Waals surface area (Å²) in [6.07, 6.45) is 5.52. The van der Waals surface area contributed by atoms with Crippen molar-refractivity contribution < 1.29 is 0 Å². The number of aryl methyl sites for hydroxylation is 1. The van der Waals surface area contributed by atoms with Crippen LogP contribution in [-0.2, 0) is 6.54 Å². The Morgan fingerprint density at radius 3 is 2.76 bits per heavy atom. The minimum Gasteiger partial charge on any atom is -0.316 e. The molecule has 1 aliphatic heterocycles. The quantitative estimate of drug-likeness (QED) is 0.606. The Hall–Kier alpha value is -2.41. The van der Waals surface area contributed by atoms with Gasteiger partial charge in [-0.05, 0) is 61.2 Å². The molecule has 1 fully saturated rings. The van der Waals surface area contributed by atoms with Crippen LogP contribution in [0.5, 0.6) is 0 Å². The fourth-order valence-corrected chi connectivity index (χ4v) is 3.22. The third kappa shape index (κ3) is 5.03. The van der Waals surface area contributed by atoms with E-state index in [0.717, 1.165) is 48.9 Å². The first-order valence-electron chi connectivity index (χ1n) is 8.91. The maximum atomic E-state index is 7.12. The monoisotopic (exact) mass is 331 g/mol. The van der Waals surface area contributed by atoms with Gasteiger partial charge in [0.05, 0.1) is 6.57 Å². The van der Waals surface area contributed by atoms with E-state index in [-0.39, 0.29) is 0 Å². The summed E-state index contributed by atoms with van der Waals surface area (Å²) in [6.45, 7) is 13.4. The first-order valence-corrected chi connectivity index (χ1v) is 8.91. The van der Waals surface area contributed by atoms with Gasteiger partial charge in [-0.2, -0.15) is 0 Å². The van der Waals surface area contributed by atoms with Crippen molar-refractivity contribution in [2.45, 2.75) is 19.9 Å². The summed E-state index contributed by atoms with van der Waals surface area (Å²) in [7, 11) is 0. The van der Waals surface area contributed by atoms with Crippen molar-refractivity contribution in [1.82, 2.24) is 10.6 Å². The zero-order valence-electron chi connectivity index (χ0n) is 14.8. The average Bonchev–Trinajstić information content (AvgIpc) is 3.14. The Bertz CT molecular complexity index is 780. The number of nitrogens with zero attached hydrogens (tertiary/aromatic N) is 1. The second-order valence-electron chi connectivity index (χ2n) is 6.73. The Morgan fingerprint density at radius 2 is 2.04 bits per heavy atom. The largest absolute Gasteiger partial charge is 0.316 e. The molecular formula is C22H25N3. The summed E-state index contributed by atoms with van der Waals surface area (Å²) in [5, 5.41) is 6.98. The van der Waals surface area contributed by atoms with Crippen molar-refractivity contribution >= 4 is 17.8 Å². The first-order chi connectivity index (χ1) is 12.2. The van der Waals surface area contributed by atoms with Crippen molar-refractivity contribution in [3.05, 3.63) is 76.1 Å². The highest BCUT2D eigenvalue weighted by Crippen LogP contribution is 2.21. The molecule has 1 saturated heterocycles. The normalized spacial score (nSPS) is 17.0. The first kappa shape index (κ1) is 17.4. The molecule has 0 amide bonds. The molecule has 3 nitrogen and oxygen atoms in total. The lowest BCUT2D eigenvalue weighted by Crippen LogP contribution is -2.24. The van der Waals surface area contributed by atoms with Gasteiger partial charge < -0.3 is 10.6 Å². The Labute approximate surface area is 150 Å². The molecule has 0 aromatic heterocycles. The van der Waals surface area contributed by atoms with Gasteiger partial charge in [-0.1, -0.05) is 54.6 Å². The zero-order chi connectivity index (χ0) is 17.5. The van der Waals surface area contributed by atoms with E-state index in [4.69, 9.17) is 6.57 Å². The lowest BCUT2D eigenvalue weighted by Gasteiger charge is -2.10. The average molecular weight is 331 g/mol. The van der Waals surface area contributed by atoms with E-state index in [2.05, 4.69) is 58.0 Å². The molecule has 0 spiro atoms. The van der Waals surface area contributed by atoms with Crippen molar-refractivity contribution in [1.29, 1.82) is 0 Å². The van der Waals surface area contributed by atoms with Gasteiger partial charge in [0.25, 0.3) is 0 Å². The van der Waals surface area contributed by atoms with Crippen LogP contribution in [0.2, 0.25) is 0 Å². The van der Waals surface area contributed by atoms with Crippen molar-refractivity contribution in [2.24, 2.45) is 5.92 Å². The van der Waals surface area contributed by atoms with Gasteiger partial charge >= 0.3 is 0 Å². The topological polar surface area (TPSA) is 28.4 Å². The second kappa shape index (κ2) is 8.62. The van der Waals surface area contributed by atoms with Gasteiger partial charge in [-0.3, -0.25) is 0 Å². The van der Waals surface area contributed by atoms with Gasteiger partial charge in [0.1, 0.15) is 0 Å². The molecule has 128 valence electrons. The summed E-state index contributed by atoms with van der Waals surface area (Å²) in [4.78, 5) is 3.51. The van der Waals surface area contributed by atoms with Crippen LogP contribution >= 0.6 is 0 Å². The number of nitrogens with one attached hydrogen (secondary N) is 2. The minimum atomic E-state index is 0.725. The van der Waals surface area contributed by atoms with E-state index in [1.54, 1.807) is 0 Å². The highest BCUT2D eigenvalue weighted by molar-refractivity contribution is 5.71. The number of rotatable bonds is 6. The molecule has 0 aliphatic carbocycles. The molecule has 2 aromatic rings. The van der Waals surface area contributed by atoms with Crippen LogP contribution in [0, 0.1) is 19.4 Å². The molecule has 1 atom stereocenters. The van der Waals surface area contributed by atoms with E-state index in [1.165, 1.54) is 17.5 Å². The summed E-state index contributed by atoms with van der Waals surface area (Å²) in [6, 6.07) is 14.6. The fourth-order valence-electron chi connectivity index (χ4n) is 3.22. The minimum absolute atomic E-state index is 0.725. The number of benzene rings is 2. The van der Waals surface area contributed by atoms with E-state index in [9.17, 15) is 0 Å². The second-order valence-corrected chi connectivity index (χ2v) is 6.73. The Balaban J connectivity index is 1.59. The van der Waals surface area contributed by atoms with Crippen molar-refractivity contribution in [3.63, 3.8) is 0 Å². The maximum Gasteiger partial charge on any atom is 0.190 e. The summed E-state index contributed by atoms with van der Waals surface area (Å²) in [5.74, 6) is 0.768. The zero-order valence-corrected chi connectivity index (χ0v) is 14.8. The molecule has 1 aliphatic rings. The van der Waals surface area contributed by atoms with E-state index in [0.29, 0.717) is 0 Å². The van der Waals surface area contributed by atoms with Crippen LogP contribution in [-0.4, -0.2) is 19.6 Å². The lowest BCUT2D eigenvalue weighted by molar-refractivity contribution is 0.512. The number of hydrogen-bond donors (Lipinski definition) is 2. The molecule has 3 heteroatoms. The van der Waals surface area contributed by atoms with Gasteiger partial charge in [0.2, 0.25) is 0 Å². The van der Waals surface area contributed by atoms with Crippen LogP contribution in [0.25, 0.3) is 17.0 Å². The summed E-state index contributed by atoms with van der Waals surface area (Å²) >= 11 is 0. The van der Waals surface area contributed by atoms with Crippen molar-refractivity contribution in [2.75, 3.05) is 19.6 Å². The molecule has 25 heavy (non-hydrogen) atoms. The maximum absolute atomic E-state index is 7.12. The third-order valence-corrected chi connectivity index (χ3v) is 4.69. The Kier molecular flexibility index (Phi) is 6.00. The smallest absolute Gasteiger partial charge is 0.190 e. The predicted molar refractivity (Wildman–Crippen MR) is 105 cm³/mol. The van der Waals surface area contributed by atoms with E-state index < -0.39 is 0 Å². The van der Waals surface area contributed by atoms with Crippen molar-refractivity contribution in [3.8, 4) is 0 Å². The SMILES string of the molecule is [C-]#[N+]c1ccc(/C=C/c2cccc(CNCC3CCNC3)c2)cc1C. The van der Waals surface area contributed by atoms with Gasteiger partial charge in [-0.25, -0.2) is 4.85 Å². The molecule has 2 aromatic carbocycles. The lowest BCUT2D eigenvalue weighted by atomic mass is 10.1. The molecule has 0 bridgehead atoms. The standard InChI is InChI=1S/C22H25N3/c1-17-12-19(8-9-22(17)23-2)7-6-18-4-3-5-20(13-18)14-25-16-21-10-11-24-15-21/h3-9,12-13,21,24-25H,10-11,14-16H2,1H3/b7-6+. The van der Waals surface area contributed by atoms with Crippen LogP contribution in [0.1, 0.15) is 28.7 Å². The highest BCUT2D eigenvalue weighted by atomic mass is 14.9. The van der Waals surface area contributed by atoms with Gasteiger partial charge in [0.15, 0.2) is 5.69 Å². The van der Waals surface area contributed by atoms with E-state index >= 15 is 0 Å². The molecule has 3 rings (SSSR count). The fraction of sp³-hybridized carbons (Fsp3) is 0.318. The highest BCUT2D eigenvalue weighted by Gasteiger charge is 2.13. The molecule has 2 N–H and O–H groups in total. The predicted octanol–water partition coefficient (Wildman–Crippen LogP) is 4.42. The summed E-state index contributed by atoms with van der Waals surface area (Å²) < 4.78 is 0. The Morgan fingerprint density at radius 1 is 1.20 bits per heavy atom. The van der Waals surface area contributed by atoms with E-state index in [1.807, 2.05) is 19.1 Å². The van der Waals surface area contributed by atoms with Gasteiger partial charge in [-0.15, -0.1) is 0 Å². The van der Waals surface area contributed by atoms with Crippen LogP contribution in [0.4, 0.5) is 5.69 Å². The van der Waals surface area contributed by atoms with Crippen LogP contribution < -0.4 is 10.6 Å². The molecular weight excluding hydrogens is 306 g/mol. The van der Waals surface area contributed by atoms with Crippen LogP contribution in [0.3, 0.4) is 0 Å². The van der Waals surface area contributed by atoms with Gasteiger partial charge in [0, 0.05) is 6.54 Å². The summed E-state index contributed by atoms with van der Waals surface area (Å²) in [5.41, 5.74) is 5.39. The third-order valence-electron chi connectivity index (χ3n) is 4.69. The van der Waals surface area contributed by atoms with Crippen LogP contribution in [0.15, 0.2) is 42.5 Å². The molecule has 0 saturated carbocycles. The molecule has 1 unspecified atom stereocenters. The number of hydrogen-bond acceptors (Lipinski definition) is 2. The molecule has 1 heterocycles. The molecule has 0 radical (unpaired) electrons.